The fourth-order valence-corrected chi connectivity index (χ4v) is 5.65. The van der Waals surface area contributed by atoms with Crippen molar-refractivity contribution in [2.24, 2.45) is 11.8 Å². The van der Waals surface area contributed by atoms with E-state index in [1.807, 2.05) is 49.4 Å². The number of ether oxygens (including phenoxy) is 1. The molecule has 2 aromatic carbocycles. The van der Waals surface area contributed by atoms with Gasteiger partial charge in [0, 0.05) is 49.4 Å². The van der Waals surface area contributed by atoms with E-state index >= 15 is 0 Å². The first-order valence-electron chi connectivity index (χ1n) is 11.8. The molecular formula is C28H34N2O2S. The van der Waals surface area contributed by atoms with E-state index in [0.717, 1.165) is 31.9 Å². The Morgan fingerprint density at radius 2 is 1.82 bits per heavy atom. The summed E-state index contributed by atoms with van der Waals surface area (Å²) < 4.78 is 5.74. The summed E-state index contributed by atoms with van der Waals surface area (Å²) in [4.78, 5) is 19.2. The van der Waals surface area contributed by atoms with Gasteiger partial charge in [0.1, 0.15) is 5.75 Å². The predicted octanol–water partition coefficient (Wildman–Crippen LogP) is 5.66. The van der Waals surface area contributed by atoms with Crippen molar-refractivity contribution in [3.8, 4) is 5.75 Å². The lowest BCUT2D eigenvalue weighted by Crippen LogP contribution is -2.39. The molecule has 1 aromatic heterocycles. The van der Waals surface area contributed by atoms with Crippen LogP contribution in [-0.2, 0) is 17.9 Å². The molecule has 0 spiro atoms. The maximum absolute atomic E-state index is 13.2. The Balaban J connectivity index is 1.60. The van der Waals surface area contributed by atoms with Crippen LogP contribution in [0.25, 0.3) is 0 Å². The minimum Gasteiger partial charge on any atom is -0.496 e. The van der Waals surface area contributed by atoms with Crippen LogP contribution in [0.3, 0.4) is 0 Å². The highest BCUT2D eigenvalue weighted by Crippen LogP contribution is 2.39. The van der Waals surface area contributed by atoms with Gasteiger partial charge in [0.25, 0.3) is 0 Å². The topological polar surface area (TPSA) is 32.8 Å². The van der Waals surface area contributed by atoms with Gasteiger partial charge >= 0.3 is 0 Å². The highest BCUT2D eigenvalue weighted by molar-refractivity contribution is 7.09. The number of carbonyl (C=O) groups is 1. The van der Waals surface area contributed by atoms with Crippen molar-refractivity contribution < 1.29 is 9.53 Å². The molecule has 1 saturated heterocycles. The van der Waals surface area contributed by atoms with Gasteiger partial charge in [-0.1, -0.05) is 68.4 Å². The molecular weight excluding hydrogens is 428 g/mol. The summed E-state index contributed by atoms with van der Waals surface area (Å²) in [6, 6.07) is 23.0. The smallest absolute Gasteiger partial charge is 0.225 e. The van der Waals surface area contributed by atoms with Crippen LogP contribution in [0.15, 0.2) is 72.1 Å². The number of thiophene rings is 1. The SMILES string of the molecule is COc1ccccc1C1CN(Cc2cccs2)CC1CN(Cc1ccccc1)C(=O)C(C)C. The molecule has 0 aliphatic carbocycles. The zero-order valence-electron chi connectivity index (χ0n) is 19.8. The maximum atomic E-state index is 13.2. The summed E-state index contributed by atoms with van der Waals surface area (Å²) in [5.41, 5.74) is 2.42. The summed E-state index contributed by atoms with van der Waals surface area (Å²) >= 11 is 1.81. The molecule has 2 unspecified atom stereocenters. The largest absolute Gasteiger partial charge is 0.496 e. The molecule has 1 aliphatic heterocycles. The van der Waals surface area contributed by atoms with E-state index in [9.17, 15) is 4.79 Å². The number of para-hydroxylation sites is 1. The minimum atomic E-state index is -0.0259. The van der Waals surface area contributed by atoms with Crippen molar-refractivity contribution in [1.29, 1.82) is 0 Å². The number of amides is 1. The molecule has 33 heavy (non-hydrogen) atoms. The number of benzene rings is 2. The molecule has 0 radical (unpaired) electrons. The lowest BCUT2D eigenvalue weighted by atomic mass is 9.87. The summed E-state index contributed by atoms with van der Waals surface area (Å²) in [7, 11) is 1.75. The molecule has 0 saturated carbocycles. The third kappa shape index (κ3) is 5.84. The van der Waals surface area contributed by atoms with Crippen LogP contribution < -0.4 is 4.74 Å². The van der Waals surface area contributed by atoms with Gasteiger partial charge in [-0.05, 0) is 34.6 Å². The van der Waals surface area contributed by atoms with Crippen molar-refractivity contribution in [1.82, 2.24) is 9.80 Å². The number of likely N-dealkylation sites (tertiary alicyclic amines) is 1. The minimum absolute atomic E-state index is 0.0259. The van der Waals surface area contributed by atoms with Gasteiger partial charge in [-0.25, -0.2) is 0 Å². The summed E-state index contributed by atoms with van der Waals surface area (Å²) in [6.07, 6.45) is 0. The number of carbonyl (C=O) groups excluding carboxylic acids is 1. The Bertz CT molecular complexity index is 1020. The second kappa shape index (κ2) is 11.0. The quantitative estimate of drug-likeness (QED) is 0.411. The summed E-state index contributed by atoms with van der Waals surface area (Å²) in [5, 5.41) is 2.14. The van der Waals surface area contributed by atoms with Crippen LogP contribution in [-0.4, -0.2) is 42.5 Å². The van der Waals surface area contributed by atoms with Crippen LogP contribution in [0.2, 0.25) is 0 Å². The van der Waals surface area contributed by atoms with Crippen LogP contribution in [0.5, 0.6) is 5.75 Å². The van der Waals surface area contributed by atoms with Crippen LogP contribution in [0.4, 0.5) is 0 Å². The number of hydrogen-bond donors (Lipinski definition) is 0. The average molecular weight is 463 g/mol. The lowest BCUT2D eigenvalue weighted by molar-refractivity contribution is -0.135. The molecule has 2 heterocycles. The van der Waals surface area contributed by atoms with Gasteiger partial charge in [0.15, 0.2) is 0 Å². The predicted molar refractivity (Wildman–Crippen MR) is 136 cm³/mol. The van der Waals surface area contributed by atoms with Gasteiger partial charge in [-0.15, -0.1) is 11.3 Å². The molecule has 0 N–H and O–H groups in total. The number of rotatable bonds is 9. The highest BCUT2D eigenvalue weighted by Gasteiger charge is 2.37. The lowest BCUT2D eigenvalue weighted by Gasteiger charge is -2.30. The summed E-state index contributed by atoms with van der Waals surface area (Å²) in [6.45, 7) is 8.28. The molecule has 4 rings (SSSR count). The van der Waals surface area contributed by atoms with Gasteiger partial charge in [0.05, 0.1) is 7.11 Å². The Labute approximate surface area is 201 Å². The molecule has 2 atom stereocenters. The second-order valence-electron chi connectivity index (χ2n) is 9.24. The molecule has 1 fully saturated rings. The highest BCUT2D eigenvalue weighted by atomic mass is 32.1. The van der Waals surface area contributed by atoms with Gasteiger partial charge in [-0.2, -0.15) is 0 Å². The van der Waals surface area contributed by atoms with E-state index < -0.39 is 0 Å². The zero-order valence-corrected chi connectivity index (χ0v) is 20.6. The van der Waals surface area contributed by atoms with Crippen molar-refractivity contribution in [2.45, 2.75) is 32.9 Å². The first kappa shape index (κ1) is 23.5. The molecule has 1 amide bonds. The van der Waals surface area contributed by atoms with Gasteiger partial charge in [-0.3, -0.25) is 9.69 Å². The standard InChI is InChI=1S/C28H34N2O2S/c1-21(2)28(31)30(16-22-10-5-4-6-11-22)18-23-17-29(19-24-12-9-15-33-24)20-26(23)25-13-7-8-14-27(25)32-3/h4-15,21,23,26H,16-20H2,1-3H3. The second-order valence-corrected chi connectivity index (χ2v) is 10.3. The van der Waals surface area contributed by atoms with Crippen LogP contribution >= 0.6 is 11.3 Å². The van der Waals surface area contributed by atoms with E-state index in [4.69, 9.17) is 4.74 Å². The first-order valence-corrected chi connectivity index (χ1v) is 12.6. The third-order valence-corrected chi connectivity index (χ3v) is 7.35. The number of methoxy groups -OCH3 is 1. The van der Waals surface area contributed by atoms with Crippen molar-refractivity contribution in [3.05, 3.63) is 88.1 Å². The average Bonchev–Trinajstić information content (AvgIpc) is 3.49. The monoisotopic (exact) mass is 462 g/mol. The third-order valence-electron chi connectivity index (χ3n) is 6.49. The molecule has 4 nitrogen and oxygen atoms in total. The number of hydrogen-bond acceptors (Lipinski definition) is 4. The van der Waals surface area contributed by atoms with E-state index in [-0.39, 0.29) is 11.8 Å². The van der Waals surface area contributed by atoms with Crippen LogP contribution in [0.1, 0.15) is 35.8 Å². The maximum Gasteiger partial charge on any atom is 0.225 e. The molecule has 3 aromatic rings. The van der Waals surface area contributed by atoms with Gasteiger partial charge in [0.2, 0.25) is 5.91 Å². The van der Waals surface area contributed by atoms with Gasteiger partial charge < -0.3 is 9.64 Å². The zero-order chi connectivity index (χ0) is 23.2. The Hall–Kier alpha value is -2.63. The Morgan fingerprint density at radius 3 is 2.52 bits per heavy atom. The molecule has 5 heteroatoms. The van der Waals surface area contributed by atoms with Crippen molar-refractivity contribution >= 4 is 17.2 Å². The van der Waals surface area contributed by atoms with E-state index in [2.05, 4.69) is 57.6 Å². The van der Waals surface area contributed by atoms with Crippen molar-refractivity contribution in [2.75, 3.05) is 26.7 Å². The number of nitrogens with zero attached hydrogens (tertiary/aromatic N) is 2. The van der Waals surface area contributed by atoms with E-state index in [1.165, 1.54) is 16.0 Å². The fourth-order valence-electron chi connectivity index (χ4n) is 4.91. The normalized spacial score (nSPS) is 18.5. The fraction of sp³-hybridized carbons (Fsp3) is 0.393. The Kier molecular flexibility index (Phi) is 7.84. The van der Waals surface area contributed by atoms with E-state index in [1.54, 1.807) is 7.11 Å². The summed E-state index contributed by atoms with van der Waals surface area (Å²) in [5.74, 6) is 1.79. The van der Waals surface area contributed by atoms with E-state index in [0.29, 0.717) is 18.4 Å². The molecule has 0 bridgehead atoms. The van der Waals surface area contributed by atoms with Crippen molar-refractivity contribution in [3.63, 3.8) is 0 Å². The molecule has 1 aliphatic rings. The first-order chi connectivity index (χ1) is 16.0. The molecule has 174 valence electrons. The Morgan fingerprint density at radius 1 is 1.06 bits per heavy atom. The van der Waals surface area contributed by atoms with Crippen LogP contribution in [0, 0.1) is 11.8 Å².